The zero-order valence-electron chi connectivity index (χ0n) is 8.51. The van der Waals surface area contributed by atoms with Crippen molar-refractivity contribution in [1.82, 2.24) is 9.88 Å². The molecule has 2 heterocycles. The van der Waals surface area contributed by atoms with Gasteiger partial charge in [0.25, 0.3) is 11.8 Å². The lowest BCUT2D eigenvalue weighted by atomic mass is 10.1. The first kappa shape index (κ1) is 11.1. The Balaban J connectivity index is 2.74. The zero-order chi connectivity index (χ0) is 12.7. The first-order valence-corrected chi connectivity index (χ1v) is 4.67. The van der Waals surface area contributed by atoms with Crippen molar-refractivity contribution in [1.29, 1.82) is 0 Å². The summed E-state index contributed by atoms with van der Waals surface area (Å²) in [6.45, 7) is -0.0881. The van der Waals surface area contributed by atoms with Crippen LogP contribution in [-0.2, 0) is 6.54 Å². The fraction of sp³-hybridized carbons (Fsp3) is 0.222. The molecular formula is C9H9N3O5. The van der Waals surface area contributed by atoms with Crippen molar-refractivity contribution >= 4 is 11.8 Å². The molecule has 0 unspecified atom stereocenters. The molecule has 1 atom stereocenters. The van der Waals surface area contributed by atoms with Gasteiger partial charge in [-0.3, -0.25) is 14.4 Å². The van der Waals surface area contributed by atoms with Gasteiger partial charge in [0.1, 0.15) is 11.8 Å². The molecule has 2 amide bonds. The van der Waals surface area contributed by atoms with Gasteiger partial charge < -0.3 is 25.8 Å². The van der Waals surface area contributed by atoms with E-state index in [1.54, 1.807) is 0 Å². The number of nitrogens with two attached hydrogens (primary N) is 1. The Morgan fingerprint density at radius 3 is 2.76 bits per heavy atom. The number of hydrogen-bond donors (Lipinski definition) is 4. The van der Waals surface area contributed by atoms with Crippen LogP contribution in [0.3, 0.4) is 0 Å². The maximum Gasteiger partial charge on any atom is 0.273 e. The van der Waals surface area contributed by atoms with Crippen molar-refractivity contribution < 1.29 is 19.8 Å². The minimum absolute atomic E-state index is 0.0881. The summed E-state index contributed by atoms with van der Waals surface area (Å²) in [4.78, 5) is 33.9. The summed E-state index contributed by atoms with van der Waals surface area (Å²) in [6.07, 6.45) is -0.112. The molecule has 8 heteroatoms. The number of aliphatic hydroxyl groups is 1. The Labute approximate surface area is 94.3 Å². The highest BCUT2D eigenvalue weighted by atomic mass is 16.3. The maximum atomic E-state index is 11.5. The summed E-state index contributed by atoms with van der Waals surface area (Å²) >= 11 is 0. The van der Waals surface area contributed by atoms with E-state index in [9.17, 15) is 24.6 Å². The number of amides is 2. The Bertz CT molecular complexity index is 577. The normalized spacial score (nSPS) is 18.4. The minimum Gasteiger partial charge on any atom is -0.503 e. The highest BCUT2D eigenvalue weighted by molar-refractivity contribution is 5.98. The molecule has 1 aromatic heterocycles. The second kappa shape index (κ2) is 3.59. The molecule has 0 bridgehead atoms. The fourth-order valence-electron chi connectivity index (χ4n) is 1.66. The number of carbonyl (C=O) groups excluding carboxylic acids is 2. The monoisotopic (exact) mass is 239 g/mol. The number of pyridine rings is 1. The van der Waals surface area contributed by atoms with Crippen LogP contribution >= 0.6 is 0 Å². The van der Waals surface area contributed by atoms with Gasteiger partial charge in [0.15, 0.2) is 11.4 Å². The van der Waals surface area contributed by atoms with Crippen LogP contribution in [0.5, 0.6) is 5.75 Å². The molecule has 90 valence electrons. The van der Waals surface area contributed by atoms with Crippen molar-refractivity contribution in [3.8, 4) is 5.75 Å². The summed E-state index contributed by atoms with van der Waals surface area (Å²) in [5.74, 6) is -2.67. The highest BCUT2D eigenvalue weighted by Crippen LogP contribution is 2.17. The summed E-state index contributed by atoms with van der Waals surface area (Å²) in [5, 5.41) is 21.0. The van der Waals surface area contributed by atoms with Crippen molar-refractivity contribution in [2.24, 2.45) is 5.73 Å². The zero-order valence-corrected chi connectivity index (χ0v) is 8.51. The number of hydrogen-bond acceptors (Lipinski definition) is 5. The molecule has 0 spiro atoms. The first-order valence-electron chi connectivity index (χ1n) is 4.67. The molecule has 1 aliphatic heterocycles. The molecule has 0 aromatic carbocycles. The second-order valence-corrected chi connectivity index (χ2v) is 3.57. The Kier molecular flexibility index (Phi) is 2.36. The molecule has 0 aliphatic carbocycles. The SMILES string of the molecule is NC(=O)c1cn2c(c(O)c1=O)C(=O)N[C@@H](O)C2. The molecule has 0 saturated carbocycles. The van der Waals surface area contributed by atoms with Crippen LogP contribution in [0.4, 0.5) is 0 Å². The largest absolute Gasteiger partial charge is 0.503 e. The van der Waals surface area contributed by atoms with E-state index in [4.69, 9.17) is 5.73 Å². The number of aromatic nitrogens is 1. The van der Waals surface area contributed by atoms with E-state index < -0.39 is 34.8 Å². The predicted octanol–water partition coefficient (Wildman–Crippen LogP) is -2.29. The third-order valence-corrected chi connectivity index (χ3v) is 2.40. The second-order valence-electron chi connectivity index (χ2n) is 3.57. The van der Waals surface area contributed by atoms with E-state index in [0.717, 1.165) is 10.8 Å². The fourth-order valence-corrected chi connectivity index (χ4v) is 1.66. The maximum absolute atomic E-state index is 11.5. The number of rotatable bonds is 1. The highest BCUT2D eigenvalue weighted by Gasteiger charge is 2.28. The molecule has 1 aliphatic rings. The van der Waals surface area contributed by atoms with Crippen LogP contribution in [0.25, 0.3) is 0 Å². The van der Waals surface area contributed by atoms with Crippen molar-refractivity contribution in [2.75, 3.05) is 0 Å². The lowest BCUT2D eigenvalue weighted by Crippen LogP contribution is -2.45. The van der Waals surface area contributed by atoms with Gasteiger partial charge in [-0.1, -0.05) is 0 Å². The molecule has 0 saturated heterocycles. The molecule has 8 nitrogen and oxygen atoms in total. The van der Waals surface area contributed by atoms with E-state index in [2.05, 4.69) is 5.32 Å². The van der Waals surface area contributed by atoms with Gasteiger partial charge in [0.05, 0.1) is 6.54 Å². The number of nitrogens with zero attached hydrogens (tertiary/aromatic N) is 1. The van der Waals surface area contributed by atoms with Gasteiger partial charge in [0.2, 0.25) is 5.43 Å². The van der Waals surface area contributed by atoms with Crippen LogP contribution in [0.15, 0.2) is 11.0 Å². The molecule has 5 N–H and O–H groups in total. The third kappa shape index (κ3) is 1.64. The van der Waals surface area contributed by atoms with Gasteiger partial charge in [-0.05, 0) is 0 Å². The summed E-state index contributed by atoms with van der Waals surface area (Å²) in [5.41, 5.74) is 3.22. The summed E-state index contributed by atoms with van der Waals surface area (Å²) in [7, 11) is 0. The van der Waals surface area contributed by atoms with Crippen LogP contribution in [0.1, 0.15) is 20.8 Å². The van der Waals surface area contributed by atoms with Gasteiger partial charge in [0, 0.05) is 6.20 Å². The van der Waals surface area contributed by atoms with Crippen molar-refractivity contribution in [3.63, 3.8) is 0 Å². The van der Waals surface area contributed by atoms with Gasteiger partial charge >= 0.3 is 0 Å². The van der Waals surface area contributed by atoms with E-state index >= 15 is 0 Å². The Morgan fingerprint density at radius 2 is 2.18 bits per heavy atom. The third-order valence-electron chi connectivity index (χ3n) is 2.40. The molecular weight excluding hydrogens is 230 g/mol. The average molecular weight is 239 g/mol. The standard InChI is InChI=1S/C9H9N3O5/c10-8(16)3-1-12-2-4(13)11-9(17)5(12)7(15)6(3)14/h1,4,13,15H,2H2,(H2,10,16)(H,11,17)/t4-/m0/s1. The predicted molar refractivity (Wildman–Crippen MR) is 54.4 cm³/mol. The number of carbonyl (C=O) groups is 2. The average Bonchev–Trinajstić information content (AvgIpc) is 2.21. The van der Waals surface area contributed by atoms with Crippen LogP contribution in [0, 0.1) is 0 Å². The van der Waals surface area contributed by atoms with Gasteiger partial charge in [-0.15, -0.1) is 0 Å². The van der Waals surface area contributed by atoms with Crippen molar-refractivity contribution in [2.45, 2.75) is 12.8 Å². The van der Waals surface area contributed by atoms with E-state index in [-0.39, 0.29) is 12.2 Å². The summed E-state index contributed by atoms with van der Waals surface area (Å²) in [6, 6.07) is 0. The van der Waals surface area contributed by atoms with E-state index in [1.807, 2.05) is 0 Å². The molecule has 1 aromatic rings. The Hall–Kier alpha value is -2.35. The molecule has 0 radical (unpaired) electrons. The number of primary amides is 1. The quantitative estimate of drug-likeness (QED) is 0.437. The van der Waals surface area contributed by atoms with E-state index in [0.29, 0.717) is 0 Å². The molecule has 2 rings (SSSR count). The number of aromatic hydroxyl groups is 1. The smallest absolute Gasteiger partial charge is 0.273 e. The van der Waals surface area contributed by atoms with Crippen LogP contribution in [-0.4, -0.2) is 32.8 Å². The Morgan fingerprint density at radius 1 is 1.53 bits per heavy atom. The number of aliphatic hydroxyl groups excluding tert-OH is 1. The molecule has 0 fully saturated rings. The molecule has 17 heavy (non-hydrogen) atoms. The minimum atomic E-state index is -1.15. The summed E-state index contributed by atoms with van der Waals surface area (Å²) < 4.78 is 1.11. The van der Waals surface area contributed by atoms with Crippen molar-refractivity contribution in [3.05, 3.63) is 27.7 Å². The van der Waals surface area contributed by atoms with Gasteiger partial charge in [-0.2, -0.15) is 0 Å². The lowest BCUT2D eigenvalue weighted by Gasteiger charge is -2.24. The number of nitrogens with one attached hydrogen (secondary N) is 1. The van der Waals surface area contributed by atoms with Crippen LogP contribution in [0.2, 0.25) is 0 Å². The van der Waals surface area contributed by atoms with E-state index in [1.165, 1.54) is 0 Å². The van der Waals surface area contributed by atoms with Gasteiger partial charge in [-0.25, -0.2) is 0 Å². The van der Waals surface area contributed by atoms with Crippen LogP contribution < -0.4 is 16.5 Å². The number of fused-ring (bicyclic) bond motifs is 1. The topological polar surface area (TPSA) is 135 Å². The lowest BCUT2D eigenvalue weighted by molar-refractivity contribution is 0.0646. The first-order chi connectivity index (χ1) is 7.91.